The SMILES string of the molecule is CC[C@]12C=CCN(CCO)[C@H]1c1c([nH]c3cc(OC)ccc13)CC2. The first kappa shape index (κ1) is 15.7. The summed E-state index contributed by atoms with van der Waals surface area (Å²) in [5.74, 6) is 0.888. The summed E-state index contributed by atoms with van der Waals surface area (Å²) in [5, 5.41) is 10.9. The number of H-pyrrole nitrogens is 1. The lowest BCUT2D eigenvalue weighted by molar-refractivity contribution is 0.0587. The first-order chi connectivity index (χ1) is 11.7. The largest absolute Gasteiger partial charge is 0.497 e. The zero-order valence-corrected chi connectivity index (χ0v) is 14.5. The maximum Gasteiger partial charge on any atom is 0.120 e. The number of benzene rings is 1. The molecule has 4 rings (SSSR count). The number of methoxy groups -OCH3 is 1. The van der Waals surface area contributed by atoms with Gasteiger partial charge in [0.15, 0.2) is 0 Å². The highest BCUT2D eigenvalue weighted by Gasteiger charge is 2.46. The fourth-order valence-electron chi connectivity index (χ4n) is 4.76. The number of hydrogen-bond donors (Lipinski definition) is 2. The topological polar surface area (TPSA) is 48.5 Å². The number of aromatic amines is 1. The predicted molar refractivity (Wildman–Crippen MR) is 96.4 cm³/mol. The van der Waals surface area contributed by atoms with Crippen molar-refractivity contribution in [2.75, 3.05) is 26.8 Å². The molecule has 2 aliphatic rings. The van der Waals surface area contributed by atoms with Crippen LogP contribution >= 0.6 is 0 Å². The van der Waals surface area contributed by atoms with Gasteiger partial charge in [-0.25, -0.2) is 0 Å². The number of rotatable bonds is 4. The number of fused-ring (bicyclic) bond motifs is 5. The van der Waals surface area contributed by atoms with E-state index in [1.165, 1.54) is 16.6 Å². The third-order valence-electron chi connectivity index (χ3n) is 5.99. The van der Waals surface area contributed by atoms with Crippen molar-refractivity contribution in [3.8, 4) is 5.75 Å². The normalized spacial score (nSPS) is 26.4. The van der Waals surface area contributed by atoms with Crippen LogP contribution in [0.1, 0.15) is 37.1 Å². The van der Waals surface area contributed by atoms with Crippen LogP contribution < -0.4 is 4.74 Å². The molecule has 1 aliphatic heterocycles. The monoisotopic (exact) mass is 326 g/mol. The Morgan fingerprint density at radius 2 is 2.29 bits per heavy atom. The summed E-state index contributed by atoms with van der Waals surface area (Å²) in [7, 11) is 1.71. The molecule has 1 aromatic carbocycles. The van der Waals surface area contributed by atoms with Gasteiger partial charge in [0, 0.05) is 47.2 Å². The van der Waals surface area contributed by atoms with Crippen LogP contribution in [0.3, 0.4) is 0 Å². The fourth-order valence-corrected chi connectivity index (χ4v) is 4.76. The number of nitrogens with zero attached hydrogens (tertiary/aromatic N) is 1. The molecule has 128 valence electrons. The summed E-state index contributed by atoms with van der Waals surface area (Å²) in [6, 6.07) is 6.67. The second-order valence-electron chi connectivity index (χ2n) is 7.04. The Hall–Kier alpha value is -1.78. The standard InChI is InChI=1S/C20H26N2O2/c1-3-20-8-4-10-22(11-12-23)19(20)18-15-6-5-14(24-2)13-17(15)21-16(18)7-9-20/h4-6,8,13,19,21,23H,3,7,9-12H2,1-2H3/t19-,20+/m0/s1. The summed E-state index contributed by atoms with van der Waals surface area (Å²) in [6.07, 6.45) is 8.09. The fraction of sp³-hybridized carbons (Fsp3) is 0.500. The van der Waals surface area contributed by atoms with Gasteiger partial charge in [0.05, 0.1) is 13.7 Å². The number of aliphatic hydroxyl groups excluding tert-OH is 1. The van der Waals surface area contributed by atoms with Gasteiger partial charge in [-0.05, 0) is 37.0 Å². The minimum Gasteiger partial charge on any atom is -0.497 e. The number of hydrogen-bond acceptors (Lipinski definition) is 3. The van der Waals surface area contributed by atoms with E-state index in [0.29, 0.717) is 6.04 Å². The molecule has 24 heavy (non-hydrogen) atoms. The highest BCUT2D eigenvalue weighted by Crippen LogP contribution is 2.54. The zero-order chi connectivity index (χ0) is 16.7. The molecule has 1 aromatic heterocycles. The number of ether oxygens (including phenoxy) is 1. The van der Waals surface area contributed by atoms with Crippen LogP contribution in [0.2, 0.25) is 0 Å². The van der Waals surface area contributed by atoms with Crippen molar-refractivity contribution >= 4 is 10.9 Å². The van der Waals surface area contributed by atoms with Crippen LogP contribution in [0.5, 0.6) is 5.75 Å². The number of aromatic nitrogens is 1. The molecule has 0 saturated heterocycles. The lowest BCUT2D eigenvalue weighted by atomic mass is 9.65. The van der Waals surface area contributed by atoms with Gasteiger partial charge in [-0.15, -0.1) is 0 Å². The third-order valence-corrected chi connectivity index (χ3v) is 5.99. The molecule has 2 heterocycles. The lowest BCUT2D eigenvalue weighted by Gasteiger charge is -2.49. The molecule has 0 unspecified atom stereocenters. The van der Waals surface area contributed by atoms with E-state index in [-0.39, 0.29) is 12.0 Å². The van der Waals surface area contributed by atoms with Gasteiger partial charge in [-0.3, -0.25) is 4.90 Å². The summed E-state index contributed by atoms with van der Waals surface area (Å²) < 4.78 is 5.39. The Morgan fingerprint density at radius 3 is 3.04 bits per heavy atom. The van der Waals surface area contributed by atoms with Crippen molar-refractivity contribution in [1.82, 2.24) is 9.88 Å². The van der Waals surface area contributed by atoms with E-state index < -0.39 is 0 Å². The van der Waals surface area contributed by atoms with Crippen molar-refractivity contribution < 1.29 is 9.84 Å². The molecule has 2 atom stereocenters. The first-order valence-corrected chi connectivity index (χ1v) is 8.93. The predicted octanol–water partition coefficient (Wildman–Crippen LogP) is 3.42. The van der Waals surface area contributed by atoms with Crippen LogP contribution in [-0.4, -0.2) is 41.8 Å². The molecule has 0 saturated carbocycles. The molecule has 0 radical (unpaired) electrons. The summed E-state index contributed by atoms with van der Waals surface area (Å²) >= 11 is 0. The maximum absolute atomic E-state index is 9.56. The van der Waals surface area contributed by atoms with Gasteiger partial charge < -0.3 is 14.8 Å². The van der Waals surface area contributed by atoms with E-state index in [4.69, 9.17) is 4.74 Å². The van der Waals surface area contributed by atoms with E-state index in [1.54, 1.807) is 7.11 Å². The molecule has 2 aromatic rings. The van der Waals surface area contributed by atoms with E-state index in [0.717, 1.165) is 43.6 Å². The molecule has 2 N–H and O–H groups in total. The molecule has 0 spiro atoms. The van der Waals surface area contributed by atoms with E-state index >= 15 is 0 Å². The molecule has 4 heteroatoms. The molecule has 0 amide bonds. The van der Waals surface area contributed by atoms with Gasteiger partial charge in [-0.2, -0.15) is 0 Å². The van der Waals surface area contributed by atoms with Gasteiger partial charge in [0.2, 0.25) is 0 Å². The number of aliphatic hydroxyl groups is 1. The average Bonchev–Trinajstić information content (AvgIpc) is 2.99. The Labute approximate surface area is 143 Å². The second kappa shape index (κ2) is 5.94. The molecule has 1 aliphatic carbocycles. The second-order valence-corrected chi connectivity index (χ2v) is 7.04. The van der Waals surface area contributed by atoms with Crippen LogP contribution in [0.4, 0.5) is 0 Å². The van der Waals surface area contributed by atoms with E-state index in [1.807, 2.05) is 6.07 Å². The minimum atomic E-state index is 0.176. The van der Waals surface area contributed by atoms with Crippen molar-refractivity contribution in [2.24, 2.45) is 5.41 Å². The number of nitrogens with one attached hydrogen (secondary N) is 1. The molecule has 0 bridgehead atoms. The van der Waals surface area contributed by atoms with Crippen molar-refractivity contribution in [3.63, 3.8) is 0 Å². The summed E-state index contributed by atoms with van der Waals surface area (Å²) in [4.78, 5) is 6.08. The number of aryl methyl sites for hydroxylation is 1. The third kappa shape index (κ3) is 2.20. The number of β-amino-alcohol motifs (C(OH)–C–C–N with tert-alkyl or cyclic N) is 1. The van der Waals surface area contributed by atoms with Gasteiger partial charge in [-0.1, -0.05) is 19.1 Å². The quantitative estimate of drug-likeness (QED) is 0.846. The average molecular weight is 326 g/mol. The molecule has 4 nitrogen and oxygen atoms in total. The highest BCUT2D eigenvalue weighted by molar-refractivity contribution is 5.87. The maximum atomic E-state index is 9.56. The van der Waals surface area contributed by atoms with E-state index in [9.17, 15) is 5.11 Å². The highest BCUT2D eigenvalue weighted by atomic mass is 16.5. The minimum absolute atomic E-state index is 0.176. The first-order valence-electron chi connectivity index (χ1n) is 8.93. The van der Waals surface area contributed by atoms with Crippen molar-refractivity contribution in [1.29, 1.82) is 0 Å². The Morgan fingerprint density at radius 1 is 1.42 bits per heavy atom. The lowest BCUT2D eigenvalue weighted by Crippen LogP contribution is -2.46. The Kier molecular flexibility index (Phi) is 3.89. The van der Waals surface area contributed by atoms with Crippen molar-refractivity contribution in [3.05, 3.63) is 41.6 Å². The Bertz CT molecular complexity index is 779. The molecular weight excluding hydrogens is 300 g/mol. The van der Waals surface area contributed by atoms with Crippen LogP contribution in [0.25, 0.3) is 10.9 Å². The van der Waals surface area contributed by atoms with Crippen LogP contribution in [0, 0.1) is 5.41 Å². The van der Waals surface area contributed by atoms with Gasteiger partial charge >= 0.3 is 0 Å². The molecule has 0 fully saturated rings. The summed E-state index contributed by atoms with van der Waals surface area (Å²) in [6.45, 7) is 4.13. The van der Waals surface area contributed by atoms with Gasteiger partial charge in [0.1, 0.15) is 5.75 Å². The Balaban J connectivity index is 1.91. The zero-order valence-electron chi connectivity index (χ0n) is 14.5. The van der Waals surface area contributed by atoms with E-state index in [2.05, 4.69) is 41.1 Å². The van der Waals surface area contributed by atoms with Crippen LogP contribution in [-0.2, 0) is 6.42 Å². The summed E-state index contributed by atoms with van der Waals surface area (Å²) in [5.41, 5.74) is 4.11. The van der Waals surface area contributed by atoms with Crippen molar-refractivity contribution in [2.45, 2.75) is 32.2 Å². The van der Waals surface area contributed by atoms with Gasteiger partial charge in [0.25, 0.3) is 0 Å². The molecular formula is C20H26N2O2. The smallest absolute Gasteiger partial charge is 0.120 e. The van der Waals surface area contributed by atoms with Crippen LogP contribution in [0.15, 0.2) is 30.4 Å².